The van der Waals surface area contributed by atoms with Crippen LogP contribution < -0.4 is 0 Å². The Bertz CT molecular complexity index is 604. The maximum atomic E-state index is 12.6. The minimum Gasteiger partial charge on any atom is -0.463 e. The van der Waals surface area contributed by atoms with E-state index in [4.69, 9.17) is 9.47 Å². The minimum atomic E-state index is -0.0672. The maximum absolute atomic E-state index is 12.6. The molecule has 3 aliphatic heterocycles. The molecule has 0 unspecified atom stereocenters. The quantitative estimate of drug-likeness (QED) is 0.767. The van der Waals surface area contributed by atoms with Gasteiger partial charge in [-0.25, -0.2) is 0 Å². The molecule has 3 fully saturated rings. The lowest BCUT2D eigenvalue weighted by molar-refractivity contribution is -0.155. The third-order valence-electron chi connectivity index (χ3n) is 6.31. The number of piperidine rings is 1. The van der Waals surface area contributed by atoms with E-state index in [1.807, 2.05) is 0 Å². The first-order valence-corrected chi connectivity index (χ1v) is 9.75. The van der Waals surface area contributed by atoms with E-state index < -0.39 is 0 Å². The monoisotopic (exact) mass is 343 g/mol. The van der Waals surface area contributed by atoms with E-state index in [0.717, 1.165) is 38.8 Å². The van der Waals surface area contributed by atoms with Crippen LogP contribution in [0.25, 0.3) is 0 Å². The van der Waals surface area contributed by atoms with Crippen molar-refractivity contribution in [3.63, 3.8) is 0 Å². The molecule has 3 heterocycles. The smallest absolute Gasteiger partial charge is 0.311 e. The van der Waals surface area contributed by atoms with Crippen molar-refractivity contribution < 1.29 is 14.3 Å². The Morgan fingerprint density at radius 2 is 2.12 bits per heavy atom. The fourth-order valence-electron chi connectivity index (χ4n) is 4.69. The highest BCUT2D eigenvalue weighted by Gasteiger charge is 2.46. The van der Waals surface area contributed by atoms with Gasteiger partial charge in [-0.05, 0) is 51.1 Å². The molecule has 4 atom stereocenters. The molecular weight excluding hydrogens is 314 g/mol. The van der Waals surface area contributed by atoms with Crippen molar-refractivity contribution >= 4 is 5.97 Å². The highest BCUT2D eigenvalue weighted by molar-refractivity contribution is 5.73. The summed E-state index contributed by atoms with van der Waals surface area (Å²) in [6.45, 7) is 4.73. The van der Waals surface area contributed by atoms with Crippen molar-refractivity contribution in [3.8, 4) is 0 Å². The van der Waals surface area contributed by atoms with Crippen molar-refractivity contribution in [1.82, 2.24) is 4.90 Å². The van der Waals surface area contributed by atoms with Crippen LogP contribution in [-0.4, -0.2) is 41.8 Å². The molecule has 0 radical (unpaired) electrons. The van der Waals surface area contributed by atoms with Crippen LogP contribution in [0.5, 0.6) is 0 Å². The van der Waals surface area contributed by atoms with Gasteiger partial charge in [0, 0.05) is 6.54 Å². The fraction of sp³-hybridized carbons (Fsp3) is 0.667. The van der Waals surface area contributed by atoms with E-state index >= 15 is 0 Å². The second-order valence-electron chi connectivity index (χ2n) is 8.19. The van der Waals surface area contributed by atoms with E-state index in [9.17, 15) is 4.79 Å². The summed E-state index contributed by atoms with van der Waals surface area (Å²) < 4.78 is 11.6. The van der Waals surface area contributed by atoms with Gasteiger partial charge in [-0.3, -0.25) is 9.69 Å². The van der Waals surface area contributed by atoms with Crippen LogP contribution >= 0.6 is 0 Å². The predicted octanol–water partition coefficient (Wildman–Crippen LogP) is 3.54. The molecule has 136 valence electrons. The number of benzene rings is 1. The normalized spacial score (nSPS) is 35.0. The van der Waals surface area contributed by atoms with Crippen LogP contribution in [0.15, 0.2) is 30.3 Å². The highest BCUT2D eigenvalue weighted by atomic mass is 16.5. The summed E-state index contributed by atoms with van der Waals surface area (Å²) in [5.41, 5.74) is 1.26. The number of likely N-dealkylation sites (tertiary alicyclic amines) is 1. The van der Waals surface area contributed by atoms with Crippen molar-refractivity contribution in [3.05, 3.63) is 35.9 Å². The summed E-state index contributed by atoms with van der Waals surface area (Å²) in [7, 11) is 0. The van der Waals surface area contributed by atoms with Crippen molar-refractivity contribution in [2.24, 2.45) is 5.92 Å². The molecule has 4 heteroatoms. The van der Waals surface area contributed by atoms with Gasteiger partial charge in [-0.2, -0.15) is 0 Å². The Kier molecular flexibility index (Phi) is 4.83. The molecule has 3 saturated heterocycles. The summed E-state index contributed by atoms with van der Waals surface area (Å²) >= 11 is 0. The van der Waals surface area contributed by atoms with Gasteiger partial charge in [-0.1, -0.05) is 36.8 Å². The van der Waals surface area contributed by atoms with Crippen LogP contribution in [0.1, 0.15) is 51.0 Å². The van der Waals surface area contributed by atoms with Crippen molar-refractivity contribution in [1.29, 1.82) is 0 Å². The molecule has 1 aromatic rings. The van der Waals surface area contributed by atoms with Gasteiger partial charge in [-0.15, -0.1) is 0 Å². The van der Waals surface area contributed by atoms with Gasteiger partial charge in [0.2, 0.25) is 0 Å². The van der Waals surface area contributed by atoms with Crippen LogP contribution in [-0.2, 0) is 20.8 Å². The summed E-state index contributed by atoms with van der Waals surface area (Å²) in [5.74, 6) is -0.0767. The molecule has 0 spiro atoms. The van der Waals surface area contributed by atoms with Crippen LogP contribution in [0, 0.1) is 5.92 Å². The molecule has 4 nitrogen and oxygen atoms in total. The number of esters is 1. The maximum Gasteiger partial charge on any atom is 0.311 e. The lowest BCUT2D eigenvalue weighted by Gasteiger charge is -2.44. The molecule has 0 saturated carbocycles. The molecule has 3 aliphatic rings. The second kappa shape index (κ2) is 7.08. The third-order valence-corrected chi connectivity index (χ3v) is 6.31. The number of carbonyl (C=O) groups excluding carboxylic acids is 1. The van der Waals surface area contributed by atoms with Crippen LogP contribution in [0.4, 0.5) is 0 Å². The first-order chi connectivity index (χ1) is 12.1. The number of nitrogens with zero attached hydrogens (tertiary/aromatic N) is 1. The molecule has 25 heavy (non-hydrogen) atoms. The Balaban J connectivity index is 1.37. The Hall–Kier alpha value is -1.39. The van der Waals surface area contributed by atoms with Gasteiger partial charge in [0.15, 0.2) is 0 Å². The number of ether oxygens (including phenoxy) is 2. The summed E-state index contributed by atoms with van der Waals surface area (Å²) in [5, 5.41) is 0. The third kappa shape index (κ3) is 3.61. The summed E-state index contributed by atoms with van der Waals surface area (Å²) in [4.78, 5) is 15.1. The van der Waals surface area contributed by atoms with Crippen LogP contribution in [0.2, 0.25) is 0 Å². The number of carbonyl (C=O) groups is 1. The van der Waals surface area contributed by atoms with E-state index in [1.54, 1.807) is 0 Å². The number of fused-ring (bicyclic) bond motifs is 2. The molecule has 0 aromatic heterocycles. The zero-order valence-electron chi connectivity index (χ0n) is 15.2. The van der Waals surface area contributed by atoms with Gasteiger partial charge in [0.05, 0.1) is 23.7 Å². The number of hydrogen-bond acceptors (Lipinski definition) is 4. The van der Waals surface area contributed by atoms with Gasteiger partial charge in [0.1, 0.15) is 6.61 Å². The first-order valence-electron chi connectivity index (χ1n) is 9.75. The average molecular weight is 343 g/mol. The highest BCUT2D eigenvalue weighted by Crippen LogP contribution is 2.39. The first kappa shape index (κ1) is 17.0. The van der Waals surface area contributed by atoms with E-state index in [2.05, 4.69) is 42.2 Å². The van der Waals surface area contributed by atoms with E-state index in [0.29, 0.717) is 12.7 Å². The molecule has 0 amide bonds. The Morgan fingerprint density at radius 1 is 1.28 bits per heavy atom. The lowest BCUT2D eigenvalue weighted by Crippen LogP contribution is -2.52. The molecule has 1 aromatic carbocycles. The van der Waals surface area contributed by atoms with Gasteiger partial charge < -0.3 is 9.47 Å². The molecule has 0 aliphatic carbocycles. The van der Waals surface area contributed by atoms with Gasteiger partial charge >= 0.3 is 5.97 Å². The second-order valence-corrected chi connectivity index (χ2v) is 8.19. The summed E-state index contributed by atoms with van der Waals surface area (Å²) in [6, 6.07) is 10.6. The SMILES string of the molecule is C[C@@]1(COC(=O)[C@H]2C[C@H]3CC[C@H]2O3)CCCCN1Cc1ccccc1. The van der Waals surface area contributed by atoms with Crippen molar-refractivity contribution in [2.45, 2.75) is 69.7 Å². The van der Waals surface area contributed by atoms with Crippen molar-refractivity contribution in [2.75, 3.05) is 13.2 Å². The number of rotatable bonds is 5. The van der Waals surface area contributed by atoms with E-state index in [-0.39, 0.29) is 23.5 Å². The zero-order valence-corrected chi connectivity index (χ0v) is 15.2. The Labute approximate surface area is 150 Å². The lowest BCUT2D eigenvalue weighted by atomic mass is 9.87. The average Bonchev–Trinajstić information content (AvgIpc) is 3.26. The molecule has 0 N–H and O–H groups in total. The topological polar surface area (TPSA) is 38.8 Å². The summed E-state index contributed by atoms with van der Waals surface area (Å²) in [6.07, 6.45) is 6.89. The molecule has 4 rings (SSSR count). The van der Waals surface area contributed by atoms with Gasteiger partial charge in [0.25, 0.3) is 0 Å². The predicted molar refractivity (Wildman–Crippen MR) is 96.1 cm³/mol. The molecule has 2 bridgehead atoms. The van der Waals surface area contributed by atoms with Crippen LogP contribution in [0.3, 0.4) is 0 Å². The van der Waals surface area contributed by atoms with E-state index in [1.165, 1.54) is 18.4 Å². The standard InChI is InChI=1S/C21H29NO3/c1-21(15-24-20(23)18-13-17-9-10-19(18)25-17)11-5-6-12-22(21)14-16-7-3-2-4-8-16/h2-4,7-8,17-19H,5-6,9-15H2,1H3/t17-,18+,19-,21+/m1/s1. The molecular formula is C21H29NO3. The largest absolute Gasteiger partial charge is 0.463 e. The Morgan fingerprint density at radius 3 is 2.84 bits per heavy atom. The minimum absolute atomic E-state index is 0.0338. The number of hydrogen-bond donors (Lipinski definition) is 0. The zero-order chi connectivity index (χ0) is 17.3. The fourth-order valence-corrected chi connectivity index (χ4v) is 4.69.